The van der Waals surface area contributed by atoms with Gasteiger partial charge in [-0.05, 0) is 51.0 Å². The number of rotatable bonds is 6. The van der Waals surface area contributed by atoms with Crippen molar-refractivity contribution in [1.82, 2.24) is 9.62 Å². The van der Waals surface area contributed by atoms with Crippen molar-refractivity contribution in [2.45, 2.75) is 33.7 Å². The maximum Gasteiger partial charge on any atom is 0.211 e. The molecule has 1 aromatic carbocycles. The van der Waals surface area contributed by atoms with Gasteiger partial charge in [0.05, 0.1) is 5.75 Å². The SMILES string of the molecule is CCS(=O)(=O)NC[C@H](C)N1CCN(c2cc(C)cc(C)c2)CC1. The second-order valence-corrected chi connectivity index (χ2v) is 8.57. The van der Waals surface area contributed by atoms with Crippen molar-refractivity contribution >= 4 is 15.7 Å². The van der Waals surface area contributed by atoms with Crippen LogP contribution in [0.4, 0.5) is 5.69 Å². The van der Waals surface area contributed by atoms with Crippen LogP contribution in [0, 0.1) is 13.8 Å². The molecule has 1 aromatic rings. The van der Waals surface area contributed by atoms with Gasteiger partial charge in [0.1, 0.15) is 0 Å². The molecule has 0 radical (unpaired) electrons. The molecule has 1 aliphatic rings. The van der Waals surface area contributed by atoms with E-state index in [2.05, 4.69) is 53.5 Å². The fourth-order valence-corrected chi connectivity index (χ4v) is 3.73. The van der Waals surface area contributed by atoms with Crippen molar-refractivity contribution in [3.05, 3.63) is 29.3 Å². The Balaban J connectivity index is 1.88. The van der Waals surface area contributed by atoms with Gasteiger partial charge in [-0.2, -0.15) is 0 Å². The molecule has 1 aliphatic heterocycles. The van der Waals surface area contributed by atoms with E-state index < -0.39 is 10.0 Å². The first-order chi connectivity index (χ1) is 10.8. The van der Waals surface area contributed by atoms with Gasteiger partial charge in [0.25, 0.3) is 0 Å². The fourth-order valence-electron chi connectivity index (χ4n) is 3.03. The predicted octanol–water partition coefficient (Wildman–Crippen LogP) is 1.75. The summed E-state index contributed by atoms with van der Waals surface area (Å²) in [5.74, 6) is 0.139. The molecule has 1 N–H and O–H groups in total. The largest absolute Gasteiger partial charge is 0.369 e. The molecule has 0 aromatic heterocycles. The molecule has 5 nitrogen and oxygen atoms in total. The zero-order valence-electron chi connectivity index (χ0n) is 14.7. The molecule has 1 heterocycles. The minimum Gasteiger partial charge on any atom is -0.369 e. The van der Waals surface area contributed by atoms with E-state index in [0.717, 1.165) is 26.2 Å². The molecule has 0 amide bonds. The van der Waals surface area contributed by atoms with Crippen LogP contribution in [0.1, 0.15) is 25.0 Å². The van der Waals surface area contributed by atoms with Crippen LogP contribution in [-0.2, 0) is 10.0 Å². The van der Waals surface area contributed by atoms with Crippen LogP contribution in [-0.4, -0.2) is 57.8 Å². The number of piperazine rings is 1. The lowest BCUT2D eigenvalue weighted by atomic mass is 10.1. The first kappa shape index (κ1) is 18.2. The number of benzene rings is 1. The number of aryl methyl sites for hydroxylation is 2. The van der Waals surface area contributed by atoms with E-state index in [0.29, 0.717) is 6.54 Å². The van der Waals surface area contributed by atoms with Crippen molar-refractivity contribution in [2.75, 3.05) is 43.4 Å². The van der Waals surface area contributed by atoms with Gasteiger partial charge >= 0.3 is 0 Å². The minimum atomic E-state index is -3.10. The lowest BCUT2D eigenvalue weighted by Gasteiger charge is -2.39. The highest BCUT2D eigenvalue weighted by atomic mass is 32.2. The van der Waals surface area contributed by atoms with Gasteiger partial charge in [0, 0.05) is 44.5 Å². The molecule has 0 unspecified atom stereocenters. The summed E-state index contributed by atoms with van der Waals surface area (Å²) in [5, 5.41) is 0. The third kappa shape index (κ3) is 5.19. The van der Waals surface area contributed by atoms with Crippen molar-refractivity contribution in [3.8, 4) is 0 Å². The third-order valence-corrected chi connectivity index (χ3v) is 5.85. The van der Waals surface area contributed by atoms with E-state index in [-0.39, 0.29) is 11.8 Å². The summed E-state index contributed by atoms with van der Waals surface area (Å²) in [4.78, 5) is 4.77. The first-order valence-corrected chi connectivity index (χ1v) is 10.0. The average molecular weight is 340 g/mol. The first-order valence-electron chi connectivity index (χ1n) is 8.35. The van der Waals surface area contributed by atoms with Crippen LogP contribution in [0.2, 0.25) is 0 Å². The van der Waals surface area contributed by atoms with Gasteiger partial charge in [-0.25, -0.2) is 13.1 Å². The van der Waals surface area contributed by atoms with Crippen LogP contribution in [0.5, 0.6) is 0 Å². The monoisotopic (exact) mass is 339 g/mol. The lowest BCUT2D eigenvalue weighted by molar-refractivity contribution is 0.198. The van der Waals surface area contributed by atoms with Crippen LogP contribution >= 0.6 is 0 Å². The van der Waals surface area contributed by atoms with Crippen LogP contribution in [0.3, 0.4) is 0 Å². The highest BCUT2D eigenvalue weighted by Gasteiger charge is 2.22. The van der Waals surface area contributed by atoms with Gasteiger partial charge in [-0.3, -0.25) is 4.90 Å². The summed E-state index contributed by atoms with van der Waals surface area (Å²) in [7, 11) is -3.10. The maximum atomic E-state index is 11.5. The van der Waals surface area contributed by atoms with Gasteiger partial charge in [0.15, 0.2) is 0 Å². The molecule has 0 saturated carbocycles. The van der Waals surface area contributed by atoms with Crippen molar-refractivity contribution in [1.29, 1.82) is 0 Å². The summed E-state index contributed by atoms with van der Waals surface area (Å²) in [5.41, 5.74) is 3.89. The predicted molar refractivity (Wildman–Crippen MR) is 96.6 cm³/mol. The Morgan fingerprint density at radius 3 is 2.17 bits per heavy atom. The van der Waals surface area contributed by atoms with Crippen LogP contribution < -0.4 is 9.62 Å². The number of nitrogens with one attached hydrogen (secondary N) is 1. The van der Waals surface area contributed by atoms with Gasteiger partial charge in [0.2, 0.25) is 10.0 Å². The minimum absolute atomic E-state index is 0.139. The number of anilines is 1. The Morgan fingerprint density at radius 1 is 1.09 bits per heavy atom. The quantitative estimate of drug-likeness (QED) is 0.858. The molecule has 0 spiro atoms. The zero-order chi connectivity index (χ0) is 17.0. The van der Waals surface area contributed by atoms with E-state index in [4.69, 9.17) is 0 Å². The Labute approximate surface area is 140 Å². The zero-order valence-corrected chi connectivity index (χ0v) is 15.5. The maximum absolute atomic E-state index is 11.5. The average Bonchev–Trinajstić information content (AvgIpc) is 2.52. The van der Waals surface area contributed by atoms with E-state index in [1.807, 2.05) is 0 Å². The molecule has 2 rings (SSSR count). The molecule has 23 heavy (non-hydrogen) atoms. The topological polar surface area (TPSA) is 52.7 Å². The van der Waals surface area contributed by atoms with Crippen LogP contribution in [0.25, 0.3) is 0 Å². The van der Waals surface area contributed by atoms with Crippen molar-refractivity contribution in [2.24, 2.45) is 0 Å². The van der Waals surface area contributed by atoms with Crippen molar-refractivity contribution < 1.29 is 8.42 Å². The van der Waals surface area contributed by atoms with E-state index in [9.17, 15) is 8.42 Å². The number of sulfonamides is 1. The van der Waals surface area contributed by atoms with Gasteiger partial charge < -0.3 is 4.90 Å². The molecule has 1 atom stereocenters. The Kier molecular flexibility index (Phi) is 6.06. The van der Waals surface area contributed by atoms with Gasteiger partial charge in [-0.15, -0.1) is 0 Å². The summed E-state index contributed by atoms with van der Waals surface area (Å²) in [6.07, 6.45) is 0. The summed E-state index contributed by atoms with van der Waals surface area (Å²) in [6, 6.07) is 6.89. The molecule has 130 valence electrons. The Morgan fingerprint density at radius 2 is 1.65 bits per heavy atom. The van der Waals surface area contributed by atoms with E-state index in [1.54, 1.807) is 6.92 Å². The number of nitrogens with zero attached hydrogens (tertiary/aromatic N) is 2. The van der Waals surface area contributed by atoms with E-state index in [1.165, 1.54) is 16.8 Å². The molecule has 1 saturated heterocycles. The smallest absolute Gasteiger partial charge is 0.211 e. The highest BCUT2D eigenvalue weighted by molar-refractivity contribution is 7.89. The molecule has 0 aliphatic carbocycles. The van der Waals surface area contributed by atoms with Gasteiger partial charge in [-0.1, -0.05) is 6.07 Å². The standard InChI is InChI=1S/C17H29N3O2S/c1-5-23(21,22)18-13-16(4)19-6-8-20(9-7-19)17-11-14(2)10-15(3)12-17/h10-12,16,18H,5-9,13H2,1-4H3/t16-/m0/s1. The molecular weight excluding hydrogens is 310 g/mol. The van der Waals surface area contributed by atoms with Crippen LogP contribution in [0.15, 0.2) is 18.2 Å². The number of hydrogen-bond acceptors (Lipinski definition) is 4. The molecular formula is C17H29N3O2S. The molecule has 1 fully saturated rings. The summed E-state index contributed by atoms with van der Waals surface area (Å²) >= 11 is 0. The normalized spacial score (nSPS) is 18.2. The van der Waals surface area contributed by atoms with E-state index >= 15 is 0 Å². The second kappa shape index (κ2) is 7.64. The fraction of sp³-hybridized carbons (Fsp3) is 0.647. The third-order valence-electron chi connectivity index (χ3n) is 4.49. The molecule has 0 bridgehead atoms. The summed E-state index contributed by atoms with van der Waals surface area (Å²) < 4.78 is 25.8. The molecule has 6 heteroatoms. The van der Waals surface area contributed by atoms with Crippen molar-refractivity contribution in [3.63, 3.8) is 0 Å². The lowest BCUT2D eigenvalue weighted by Crippen LogP contribution is -2.52. The highest BCUT2D eigenvalue weighted by Crippen LogP contribution is 2.20. The summed E-state index contributed by atoms with van der Waals surface area (Å²) in [6.45, 7) is 12.4. The second-order valence-electron chi connectivity index (χ2n) is 6.47. The Hall–Kier alpha value is -1.11. The Bertz CT molecular complexity index is 602. The number of hydrogen-bond donors (Lipinski definition) is 1.